The molecule has 30 heavy (non-hydrogen) atoms. The first kappa shape index (κ1) is 20.1. The maximum Gasteiger partial charge on any atom is 0.216 e. The first-order chi connectivity index (χ1) is 14.4. The summed E-state index contributed by atoms with van der Waals surface area (Å²) in [6.45, 7) is 7.65. The van der Waals surface area contributed by atoms with E-state index in [4.69, 9.17) is 15.1 Å². The van der Waals surface area contributed by atoms with Crippen molar-refractivity contribution in [2.75, 3.05) is 18.8 Å². The lowest BCUT2D eigenvalue weighted by Gasteiger charge is -2.23. The third-order valence-corrected chi connectivity index (χ3v) is 4.82. The van der Waals surface area contributed by atoms with E-state index in [1.54, 1.807) is 13.8 Å². The summed E-state index contributed by atoms with van der Waals surface area (Å²) in [4.78, 5) is 9.28. The minimum Gasteiger partial charge on any atom is -0.474 e. The Morgan fingerprint density at radius 3 is 2.73 bits per heavy atom. The van der Waals surface area contributed by atoms with E-state index >= 15 is 0 Å². The molecular formula is C20H25N7O3. The zero-order valence-electron chi connectivity index (χ0n) is 17.3. The van der Waals surface area contributed by atoms with E-state index in [2.05, 4.69) is 37.4 Å². The minimum absolute atomic E-state index is 0.0825. The molecule has 0 aliphatic carbocycles. The van der Waals surface area contributed by atoms with Crippen molar-refractivity contribution in [3.05, 3.63) is 11.8 Å². The van der Waals surface area contributed by atoms with E-state index in [0.29, 0.717) is 35.2 Å². The van der Waals surface area contributed by atoms with Crippen LogP contribution in [0.5, 0.6) is 5.88 Å². The monoisotopic (exact) mass is 411 g/mol. The highest BCUT2D eigenvalue weighted by Crippen LogP contribution is 2.30. The predicted molar refractivity (Wildman–Crippen MR) is 111 cm³/mol. The van der Waals surface area contributed by atoms with Crippen LogP contribution in [0.15, 0.2) is 10.7 Å². The van der Waals surface area contributed by atoms with Crippen molar-refractivity contribution in [1.29, 1.82) is 0 Å². The number of aryl methyl sites for hydroxylation is 1. The van der Waals surface area contributed by atoms with Gasteiger partial charge in [-0.2, -0.15) is 0 Å². The number of aromatic nitrogens is 5. The molecule has 3 aromatic heterocycles. The van der Waals surface area contributed by atoms with Gasteiger partial charge in [0.2, 0.25) is 5.88 Å². The Labute approximate surface area is 173 Å². The number of hydrogen-bond acceptors (Lipinski definition) is 9. The highest BCUT2D eigenvalue weighted by Gasteiger charge is 2.23. The number of ether oxygens (including phenoxy) is 1. The molecular weight excluding hydrogens is 386 g/mol. The maximum atomic E-state index is 10.1. The SMILES string of the molecule is CCn1c(-c2nonc2N)nc2c(C#CC(C)(C)O)nc(OC3CCNCC3)cc21. The third-order valence-electron chi connectivity index (χ3n) is 4.82. The van der Waals surface area contributed by atoms with E-state index in [9.17, 15) is 5.11 Å². The van der Waals surface area contributed by atoms with E-state index < -0.39 is 5.60 Å². The zero-order valence-corrected chi connectivity index (χ0v) is 17.3. The molecule has 1 aliphatic heterocycles. The Morgan fingerprint density at radius 1 is 1.33 bits per heavy atom. The molecule has 4 rings (SSSR count). The Kier molecular flexibility index (Phi) is 5.32. The number of nitrogens with zero attached hydrogens (tertiary/aromatic N) is 5. The first-order valence-corrected chi connectivity index (χ1v) is 9.98. The summed E-state index contributed by atoms with van der Waals surface area (Å²) in [5, 5.41) is 20.9. The lowest BCUT2D eigenvalue weighted by atomic mass is 10.1. The van der Waals surface area contributed by atoms with Crippen molar-refractivity contribution in [1.82, 2.24) is 30.2 Å². The van der Waals surface area contributed by atoms with Crippen molar-refractivity contribution in [2.24, 2.45) is 0 Å². The van der Waals surface area contributed by atoms with Crippen molar-refractivity contribution in [3.8, 4) is 29.2 Å². The number of aliphatic hydroxyl groups is 1. The van der Waals surface area contributed by atoms with E-state index in [-0.39, 0.29) is 11.9 Å². The van der Waals surface area contributed by atoms with Gasteiger partial charge < -0.3 is 25.5 Å². The molecule has 158 valence electrons. The van der Waals surface area contributed by atoms with Crippen LogP contribution >= 0.6 is 0 Å². The smallest absolute Gasteiger partial charge is 0.216 e. The van der Waals surface area contributed by atoms with Gasteiger partial charge >= 0.3 is 0 Å². The average Bonchev–Trinajstić information content (AvgIpc) is 3.29. The lowest BCUT2D eigenvalue weighted by Crippen LogP contribution is -2.34. The van der Waals surface area contributed by atoms with Crippen LogP contribution in [0, 0.1) is 11.8 Å². The number of hydrogen-bond donors (Lipinski definition) is 3. The summed E-state index contributed by atoms with van der Waals surface area (Å²) >= 11 is 0. The van der Waals surface area contributed by atoms with Crippen LogP contribution in [0.3, 0.4) is 0 Å². The van der Waals surface area contributed by atoms with Crippen molar-refractivity contribution < 1.29 is 14.5 Å². The van der Waals surface area contributed by atoms with Crippen LogP contribution in [0.25, 0.3) is 22.6 Å². The molecule has 0 aromatic carbocycles. The molecule has 0 unspecified atom stereocenters. The van der Waals surface area contributed by atoms with Gasteiger partial charge in [-0.3, -0.25) is 0 Å². The fourth-order valence-corrected chi connectivity index (χ4v) is 3.39. The molecule has 0 atom stereocenters. The average molecular weight is 411 g/mol. The van der Waals surface area contributed by atoms with Gasteiger partial charge in [0.15, 0.2) is 17.3 Å². The molecule has 4 heterocycles. The Balaban J connectivity index is 1.87. The molecule has 10 heteroatoms. The molecule has 4 N–H and O–H groups in total. The normalized spacial score (nSPS) is 15.2. The van der Waals surface area contributed by atoms with Gasteiger partial charge in [-0.1, -0.05) is 5.92 Å². The van der Waals surface area contributed by atoms with E-state index in [1.807, 2.05) is 17.6 Å². The summed E-state index contributed by atoms with van der Waals surface area (Å²) in [7, 11) is 0. The van der Waals surface area contributed by atoms with Gasteiger partial charge in [0.1, 0.15) is 22.9 Å². The summed E-state index contributed by atoms with van der Waals surface area (Å²) in [5.74, 6) is 6.91. The molecule has 3 aromatic rings. The molecule has 0 amide bonds. The fraction of sp³-hybridized carbons (Fsp3) is 0.500. The molecule has 10 nitrogen and oxygen atoms in total. The van der Waals surface area contributed by atoms with Crippen LogP contribution in [0.4, 0.5) is 5.82 Å². The quantitative estimate of drug-likeness (QED) is 0.543. The lowest BCUT2D eigenvalue weighted by molar-refractivity contribution is 0.143. The number of rotatable bonds is 4. The predicted octanol–water partition coefficient (Wildman–Crippen LogP) is 1.34. The third kappa shape index (κ3) is 4.08. The molecule has 0 bridgehead atoms. The summed E-state index contributed by atoms with van der Waals surface area (Å²) in [6, 6.07) is 1.86. The number of piperidine rings is 1. The number of pyridine rings is 1. The second-order valence-electron chi connectivity index (χ2n) is 7.73. The van der Waals surface area contributed by atoms with Gasteiger partial charge in [0.25, 0.3) is 0 Å². The summed E-state index contributed by atoms with van der Waals surface area (Å²) < 4.78 is 12.9. The molecule has 0 saturated carbocycles. The second-order valence-corrected chi connectivity index (χ2v) is 7.73. The maximum absolute atomic E-state index is 10.1. The van der Waals surface area contributed by atoms with Crippen LogP contribution in [-0.2, 0) is 6.54 Å². The Morgan fingerprint density at radius 2 is 2.10 bits per heavy atom. The molecule has 1 saturated heterocycles. The fourth-order valence-electron chi connectivity index (χ4n) is 3.39. The minimum atomic E-state index is -1.17. The van der Waals surface area contributed by atoms with Gasteiger partial charge in [0.05, 0.1) is 5.52 Å². The van der Waals surface area contributed by atoms with Crippen molar-refractivity contribution in [3.63, 3.8) is 0 Å². The van der Waals surface area contributed by atoms with Crippen molar-refractivity contribution >= 4 is 16.9 Å². The number of imidazole rings is 1. The number of nitrogen functional groups attached to an aromatic ring is 1. The Bertz CT molecular complexity index is 1110. The van der Waals surface area contributed by atoms with Crippen LogP contribution in [0.2, 0.25) is 0 Å². The van der Waals surface area contributed by atoms with E-state index in [0.717, 1.165) is 31.4 Å². The zero-order chi connectivity index (χ0) is 21.3. The molecule has 1 fully saturated rings. The highest BCUT2D eigenvalue weighted by molar-refractivity contribution is 5.86. The van der Waals surface area contributed by atoms with Crippen molar-refractivity contribution in [2.45, 2.75) is 51.9 Å². The Hall–Kier alpha value is -3.16. The molecule has 0 spiro atoms. The summed E-state index contributed by atoms with van der Waals surface area (Å²) in [6.07, 6.45) is 1.90. The van der Waals surface area contributed by atoms with Crippen LogP contribution in [-0.4, -0.2) is 54.7 Å². The van der Waals surface area contributed by atoms with Gasteiger partial charge in [-0.05, 0) is 62.9 Å². The number of fused-ring (bicyclic) bond motifs is 1. The second kappa shape index (κ2) is 7.93. The number of anilines is 1. The topological polar surface area (TPSA) is 137 Å². The van der Waals surface area contributed by atoms with Gasteiger partial charge in [0, 0.05) is 12.6 Å². The largest absolute Gasteiger partial charge is 0.474 e. The van der Waals surface area contributed by atoms with Crippen LogP contribution in [0.1, 0.15) is 39.3 Å². The number of nitrogens with two attached hydrogens (primary N) is 1. The standard InChI is InChI=1S/C20H25N7O3/c1-4-27-14-11-15(29-12-6-9-22-10-7-12)23-13(5-8-20(2,3)28)16(14)24-19(27)17-18(21)26-30-25-17/h11-12,22,28H,4,6-7,9-10H2,1-3H3,(H2,21,26). The number of nitrogens with one attached hydrogen (secondary N) is 1. The summed E-state index contributed by atoms with van der Waals surface area (Å²) in [5.41, 5.74) is 6.86. The first-order valence-electron chi connectivity index (χ1n) is 9.98. The van der Waals surface area contributed by atoms with E-state index in [1.165, 1.54) is 0 Å². The van der Waals surface area contributed by atoms with Crippen LogP contribution < -0.4 is 15.8 Å². The highest BCUT2D eigenvalue weighted by atomic mass is 16.6. The van der Waals surface area contributed by atoms with Gasteiger partial charge in [-0.25, -0.2) is 14.6 Å². The molecule has 1 aliphatic rings. The molecule has 0 radical (unpaired) electrons. The van der Waals surface area contributed by atoms with Gasteiger partial charge in [-0.15, -0.1) is 0 Å².